The van der Waals surface area contributed by atoms with Crippen LogP contribution in [0.4, 0.5) is 5.00 Å². The number of esters is 1. The molecule has 8 nitrogen and oxygen atoms in total. The van der Waals surface area contributed by atoms with Gasteiger partial charge >= 0.3 is 5.97 Å². The van der Waals surface area contributed by atoms with Crippen molar-refractivity contribution < 1.29 is 28.6 Å². The minimum absolute atomic E-state index is 0.112. The Morgan fingerprint density at radius 3 is 2.24 bits per heavy atom. The topological polar surface area (TPSA) is 94.2 Å². The summed E-state index contributed by atoms with van der Waals surface area (Å²) in [7, 11) is 4.46. The second-order valence-corrected chi connectivity index (χ2v) is 9.67. The van der Waals surface area contributed by atoms with Gasteiger partial charge in [-0.15, -0.1) is 11.3 Å². The van der Waals surface area contributed by atoms with Crippen LogP contribution < -0.4 is 14.8 Å². The van der Waals surface area contributed by atoms with Gasteiger partial charge in [0.05, 0.1) is 26.9 Å². The maximum absolute atomic E-state index is 13.1. The molecule has 1 saturated heterocycles. The zero-order chi connectivity index (χ0) is 24.2. The van der Waals surface area contributed by atoms with Crippen LogP contribution in [-0.4, -0.2) is 57.1 Å². The molecule has 4 rings (SSSR count). The lowest BCUT2D eigenvalue weighted by atomic mass is 9.94. The Balaban J connectivity index is 1.41. The maximum atomic E-state index is 13.1. The lowest BCUT2D eigenvalue weighted by Crippen LogP contribution is -2.41. The lowest BCUT2D eigenvalue weighted by Gasteiger charge is -2.31. The first kappa shape index (κ1) is 24.1. The molecular weight excluding hydrogens is 456 g/mol. The molecule has 1 aliphatic carbocycles. The summed E-state index contributed by atoms with van der Waals surface area (Å²) in [4.78, 5) is 41.5. The molecule has 182 valence electrons. The summed E-state index contributed by atoms with van der Waals surface area (Å²) in [6, 6.07) is 5.10. The molecule has 2 amide bonds. The predicted octanol–water partition coefficient (Wildman–Crippen LogP) is 3.92. The number of carbonyl (C=O) groups is 3. The van der Waals surface area contributed by atoms with Gasteiger partial charge in [-0.2, -0.15) is 0 Å². The number of hydrogen-bond donors (Lipinski definition) is 1. The highest BCUT2D eigenvalue weighted by Gasteiger charge is 2.31. The zero-order valence-corrected chi connectivity index (χ0v) is 20.6. The van der Waals surface area contributed by atoms with Crippen molar-refractivity contribution in [2.24, 2.45) is 5.92 Å². The monoisotopic (exact) mass is 486 g/mol. The smallest absolute Gasteiger partial charge is 0.341 e. The van der Waals surface area contributed by atoms with Crippen molar-refractivity contribution in [3.8, 4) is 11.5 Å². The van der Waals surface area contributed by atoms with Gasteiger partial charge in [0.1, 0.15) is 16.5 Å². The number of nitrogens with one attached hydrogen (secondary N) is 1. The molecular formula is C25H30N2O6S. The molecule has 1 aromatic carbocycles. The molecule has 1 N–H and O–H groups in total. The van der Waals surface area contributed by atoms with E-state index in [-0.39, 0.29) is 17.7 Å². The molecule has 1 aliphatic heterocycles. The summed E-state index contributed by atoms with van der Waals surface area (Å²) in [6.07, 6.45) is 4.99. The van der Waals surface area contributed by atoms with Crippen LogP contribution in [0.3, 0.4) is 0 Å². The van der Waals surface area contributed by atoms with E-state index in [2.05, 4.69) is 5.32 Å². The number of piperidine rings is 1. The van der Waals surface area contributed by atoms with Crippen LogP contribution in [0.5, 0.6) is 11.5 Å². The summed E-state index contributed by atoms with van der Waals surface area (Å²) in [5, 5.41) is 3.59. The third-order valence-electron chi connectivity index (χ3n) is 6.55. The molecule has 0 spiro atoms. The van der Waals surface area contributed by atoms with Crippen LogP contribution in [0.15, 0.2) is 18.2 Å². The van der Waals surface area contributed by atoms with E-state index >= 15 is 0 Å². The number of ether oxygens (including phenoxy) is 3. The first-order valence-corrected chi connectivity index (χ1v) is 12.3. The summed E-state index contributed by atoms with van der Waals surface area (Å²) in [5.74, 6) is 0.250. The van der Waals surface area contributed by atoms with Crippen molar-refractivity contribution in [3.05, 3.63) is 39.8 Å². The summed E-state index contributed by atoms with van der Waals surface area (Å²) >= 11 is 1.49. The van der Waals surface area contributed by atoms with E-state index in [1.165, 1.54) is 18.4 Å². The number of carbonyl (C=O) groups excluding carboxylic acids is 3. The average molecular weight is 487 g/mol. The van der Waals surface area contributed by atoms with Crippen LogP contribution >= 0.6 is 11.3 Å². The number of methoxy groups -OCH3 is 3. The number of benzene rings is 1. The quantitative estimate of drug-likeness (QED) is 0.622. The minimum Gasteiger partial charge on any atom is -0.497 e. The van der Waals surface area contributed by atoms with Crippen molar-refractivity contribution in [2.75, 3.05) is 39.7 Å². The molecule has 0 atom stereocenters. The minimum atomic E-state index is -0.399. The first-order chi connectivity index (χ1) is 16.4. The van der Waals surface area contributed by atoms with Crippen molar-refractivity contribution in [2.45, 2.75) is 38.5 Å². The highest BCUT2D eigenvalue weighted by molar-refractivity contribution is 7.17. The molecule has 0 unspecified atom stereocenters. The highest BCUT2D eigenvalue weighted by Crippen LogP contribution is 2.39. The van der Waals surface area contributed by atoms with Crippen LogP contribution in [-0.2, 0) is 22.4 Å². The first-order valence-electron chi connectivity index (χ1n) is 11.5. The van der Waals surface area contributed by atoms with Crippen molar-refractivity contribution in [1.82, 2.24) is 4.90 Å². The SMILES string of the molecule is COC(=O)c1c(NC(=O)C2CCN(C(=O)c3cc(OC)cc(OC)c3)CC2)sc2c1CCCC2. The van der Waals surface area contributed by atoms with E-state index < -0.39 is 5.97 Å². The molecule has 0 saturated carbocycles. The molecule has 1 aromatic heterocycles. The predicted molar refractivity (Wildman–Crippen MR) is 129 cm³/mol. The fourth-order valence-electron chi connectivity index (χ4n) is 4.64. The Morgan fingerprint density at radius 2 is 1.62 bits per heavy atom. The number of thiophene rings is 1. The molecule has 0 radical (unpaired) electrons. The van der Waals surface area contributed by atoms with E-state index in [9.17, 15) is 14.4 Å². The van der Waals surface area contributed by atoms with Crippen molar-refractivity contribution in [1.29, 1.82) is 0 Å². The Kier molecular flexibility index (Phi) is 7.41. The fraction of sp³-hybridized carbons (Fsp3) is 0.480. The van der Waals surface area contributed by atoms with Crippen LogP contribution in [0, 0.1) is 5.92 Å². The Bertz CT molecular complexity index is 1070. The Hall–Kier alpha value is -3.07. The number of aryl methyl sites for hydroxylation is 1. The number of fused-ring (bicyclic) bond motifs is 1. The average Bonchev–Trinajstić information content (AvgIpc) is 3.25. The molecule has 9 heteroatoms. The fourth-order valence-corrected chi connectivity index (χ4v) is 5.92. The number of hydrogen-bond acceptors (Lipinski definition) is 7. The molecule has 1 fully saturated rings. The standard InChI is InChI=1S/C25H30N2O6S/c1-31-17-12-16(13-18(14-17)32-2)24(29)27-10-8-15(9-11-27)22(28)26-23-21(25(30)33-3)19-6-4-5-7-20(19)34-23/h12-15H,4-11H2,1-3H3,(H,26,28). The molecule has 2 heterocycles. The van der Waals surface area contributed by atoms with Gasteiger partial charge < -0.3 is 24.4 Å². The van der Waals surface area contributed by atoms with Crippen LogP contribution in [0.1, 0.15) is 56.8 Å². The number of amides is 2. The normalized spacial score (nSPS) is 15.9. The van der Waals surface area contributed by atoms with E-state index in [1.54, 1.807) is 37.3 Å². The van der Waals surface area contributed by atoms with Gasteiger partial charge in [-0.25, -0.2) is 4.79 Å². The van der Waals surface area contributed by atoms with E-state index in [1.807, 2.05) is 0 Å². The van der Waals surface area contributed by atoms with E-state index in [0.717, 1.165) is 36.1 Å². The van der Waals surface area contributed by atoms with E-state index in [0.29, 0.717) is 53.6 Å². The molecule has 2 aromatic rings. The van der Waals surface area contributed by atoms with Crippen molar-refractivity contribution in [3.63, 3.8) is 0 Å². The van der Waals surface area contributed by atoms with Crippen LogP contribution in [0.2, 0.25) is 0 Å². The molecule has 2 aliphatic rings. The molecule has 0 bridgehead atoms. The van der Waals surface area contributed by atoms with E-state index in [4.69, 9.17) is 14.2 Å². The Morgan fingerprint density at radius 1 is 0.971 bits per heavy atom. The van der Waals surface area contributed by atoms with Gasteiger partial charge in [0.2, 0.25) is 5.91 Å². The summed E-state index contributed by atoms with van der Waals surface area (Å²) in [5.41, 5.74) is 2.02. The lowest BCUT2D eigenvalue weighted by molar-refractivity contribution is -0.121. The van der Waals surface area contributed by atoms with Gasteiger partial charge in [0.15, 0.2) is 0 Å². The van der Waals surface area contributed by atoms with Gasteiger partial charge in [0.25, 0.3) is 5.91 Å². The zero-order valence-electron chi connectivity index (χ0n) is 19.8. The Labute approximate surface area is 203 Å². The molecule has 34 heavy (non-hydrogen) atoms. The van der Waals surface area contributed by atoms with Gasteiger partial charge in [-0.3, -0.25) is 9.59 Å². The summed E-state index contributed by atoms with van der Waals surface area (Å²) < 4.78 is 15.5. The maximum Gasteiger partial charge on any atom is 0.341 e. The third-order valence-corrected chi connectivity index (χ3v) is 7.76. The van der Waals surface area contributed by atoms with Gasteiger partial charge in [-0.05, 0) is 56.2 Å². The second-order valence-electron chi connectivity index (χ2n) is 8.56. The second kappa shape index (κ2) is 10.5. The number of anilines is 1. The van der Waals surface area contributed by atoms with Crippen LogP contribution in [0.25, 0.3) is 0 Å². The number of nitrogens with zero attached hydrogens (tertiary/aromatic N) is 1. The number of likely N-dealkylation sites (tertiary alicyclic amines) is 1. The highest BCUT2D eigenvalue weighted by atomic mass is 32.1. The largest absolute Gasteiger partial charge is 0.497 e. The van der Waals surface area contributed by atoms with Gasteiger partial charge in [-0.1, -0.05) is 0 Å². The summed E-state index contributed by atoms with van der Waals surface area (Å²) in [6.45, 7) is 0.947. The van der Waals surface area contributed by atoms with Gasteiger partial charge in [0, 0.05) is 35.5 Å². The van der Waals surface area contributed by atoms with Crippen molar-refractivity contribution >= 4 is 34.1 Å². The number of rotatable bonds is 6. The third kappa shape index (κ3) is 4.89.